The Labute approximate surface area is 166 Å². The lowest BCUT2D eigenvalue weighted by atomic mass is 9.96. The van der Waals surface area contributed by atoms with Crippen LogP contribution in [0.5, 0.6) is 0 Å². The van der Waals surface area contributed by atoms with E-state index in [1.807, 2.05) is 58.0 Å². The van der Waals surface area contributed by atoms with E-state index < -0.39 is 22.0 Å². The molecule has 0 aliphatic carbocycles. The van der Waals surface area contributed by atoms with Crippen molar-refractivity contribution in [1.29, 1.82) is 0 Å². The van der Waals surface area contributed by atoms with Gasteiger partial charge in [-0.25, -0.2) is 13.1 Å². The molecule has 1 N–H and O–H groups in total. The molecule has 4 nitrogen and oxygen atoms in total. The van der Waals surface area contributed by atoms with Crippen LogP contribution in [0.25, 0.3) is 0 Å². The Hall–Kier alpha value is -1.63. The van der Waals surface area contributed by atoms with Crippen molar-refractivity contribution in [3.63, 3.8) is 0 Å². The van der Waals surface area contributed by atoms with E-state index in [9.17, 15) is 13.2 Å². The van der Waals surface area contributed by atoms with Crippen LogP contribution in [-0.2, 0) is 14.8 Å². The second-order valence-corrected chi connectivity index (χ2v) is 11.2. The first-order valence-electron chi connectivity index (χ1n) is 8.86. The molecule has 2 atom stereocenters. The van der Waals surface area contributed by atoms with Crippen LogP contribution in [0.4, 0.5) is 0 Å². The number of hydrogen-bond donors (Lipinski definition) is 1. The molecule has 0 unspecified atom stereocenters. The maximum absolute atomic E-state index is 12.9. The highest BCUT2D eigenvalue weighted by atomic mass is 32.2. The van der Waals surface area contributed by atoms with E-state index in [0.717, 1.165) is 11.1 Å². The third kappa shape index (κ3) is 6.19. The molecule has 0 spiro atoms. The van der Waals surface area contributed by atoms with E-state index in [0.29, 0.717) is 0 Å². The van der Waals surface area contributed by atoms with Crippen molar-refractivity contribution in [2.45, 2.75) is 50.3 Å². The third-order valence-corrected chi connectivity index (χ3v) is 6.69. The second-order valence-electron chi connectivity index (χ2n) is 7.64. The Bertz CT molecular complexity index is 870. The lowest BCUT2D eigenvalue weighted by molar-refractivity contribution is -0.114. The van der Waals surface area contributed by atoms with Crippen LogP contribution < -0.4 is 4.72 Å². The van der Waals surface area contributed by atoms with Gasteiger partial charge in [0, 0.05) is 10.7 Å². The zero-order valence-electron chi connectivity index (χ0n) is 16.4. The molecule has 0 radical (unpaired) electrons. The normalized spacial score (nSPS) is 14.6. The van der Waals surface area contributed by atoms with Crippen molar-refractivity contribution >= 4 is 26.9 Å². The van der Waals surface area contributed by atoms with E-state index in [4.69, 9.17) is 0 Å². The van der Waals surface area contributed by atoms with E-state index in [2.05, 4.69) is 4.72 Å². The summed E-state index contributed by atoms with van der Waals surface area (Å²) in [7, 11) is -3.76. The highest BCUT2D eigenvalue weighted by Gasteiger charge is 2.32. The zero-order valence-corrected chi connectivity index (χ0v) is 18.0. The van der Waals surface area contributed by atoms with E-state index in [1.165, 1.54) is 11.8 Å². The molecule has 0 saturated heterocycles. The van der Waals surface area contributed by atoms with Crippen molar-refractivity contribution in [3.8, 4) is 0 Å². The monoisotopic (exact) mass is 405 g/mol. The minimum atomic E-state index is -3.76. The van der Waals surface area contributed by atoms with Crippen molar-refractivity contribution in [3.05, 3.63) is 65.7 Å². The minimum absolute atomic E-state index is 0.0389. The molecule has 0 heterocycles. The van der Waals surface area contributed by atoms with Gasteiger partial charge in [0.15, 0.2) is 5.12 Å². The fourth-order valence-corrected chi connectivity index (χ4v) is 4.83. The number of carbonyl (C=O) groups is 1. The summed E-state index contributed by atoms with van der Waals surface area (Å²) in [4.78, 5) is 13.0. The lowest BCUT2D eigenvalue weighted by Crippen LogP contribution is -2.35. The fourth-order valence-electron chi connectivity index (χ4n) is 2.60. The van der Waals surface area contributed by atoms with Gasteiger partial charge in [-0.15, -0.1) is 0 Å². The van der Waals surface area contributed by atoms with Crippen molar-refractivity contribution in [1.82, 2.24) is 4.72 Å². The van der Waals surface area contributed by atoms with Crippen LogP contribution in [0.15, 0.2) is 59.5 Å². The number of sulfonamides is 1. The van der Waals surface area contributed by atoms with Crippen LogP contribution >= 0.6 is 11.8 Å². The number of carbonyl (C=O) groups excluding carboxylic acids is 1. The Kier molecular flexibility index (Phi) is 6.89. The Morgan fingerprint density at radius 3 is 2.07 bits per heavy atom. The van der Waals surface area contributed by atoms with Gasteiger partial charge in [-0.05, 0) is 24.6 Å². The Morgan fingerprint density at radius 2 is 1.56 bits per heavy atom. The van der Waals surface area contributed by atoms with Crippen molar-refractivity contribution in [2.24, 2.45) is 5.92 Å². The third-order valence-electron chi connectivity index (χ3n) is 4.05. The average Bonchev–Trinajstić information content (AvgIpc) is 2.59. The lowest BCUT2D eigenvalue weighted by Gasteiger charge is -2.27. The van der Waals surface area contributed by atoms with E-state index in [-0.39, 0.29) is 14.8 Å². The molecule has 0 aliphatic rings. The molecule has 0 fully saturated rings. The number of benzene rings is 2. The molecule has 0 amide bonds. The largest absolute Gasteiger partial charge is 0.287 e. The van der Waals surface area contributed by atoms with Gasteiger partial charge in [0.1, 0.15) is 0 Å². The minimum Gasteiger partial charge on any atom is -0.287 e. The van der Waals surface area contributed by atoms with Crippen LogP contribution in [0.1, 0.15) is 44.9 Å². The molecule has 0 aliphatic heterocycles. The van der Waals surface area contributed by atoms with Gasteiger partial charge in [0.2, 0.25) is 10.0 Å². The SMILES string of the molecule is Cc1ccc(S(=O)(=O)N[C@H](c2ccccc2)[C@@H](C)C(=O)SC(C)(C)C)cc1. The van der Waals surface area contributed by atoms with Gasteiger partial charge < -0.3 is 0 Å². The maximum atomic E-state index is 12.9. The van der Waals surface area contributed by atoms with Crippen LogP contribution in [-0.4, -0.2) is 18.3 Å². The van der Waals surface area contributed by atoms with Crippen molar-refractivity contribution in [2.75, 3.05) is 0 Å². The highest BCUT2D eigenvalue weighted by Crippen LogP contribution is 2.33. The molecule has 2 rings (SSSR count). The van der Waals surface area contributed by atoms with Gasteiger partial charge >= 0.3 is 0 Å². The van der Waals surface area contributed by atoms with Gasteiger partial charge in [0.05, 0.1) is 10.9 Å². The van der Waals surface area contributed by atoms with Crippen LogP contribution in [0.3, 0.4) is 0 Å². The summed E-state index contributed by atoms with van der Waals surface area (Å²) >= 11 is 1.24. The average molecular weight is 406 g/mol. The summed E-state index contributed by atoms with van der Waals surface area (Å²) in [5.74, 6) is -0.517. The molecule has 0 saturated carbocycles. The molecule has 146 valence electrons. The molecule has 2 aromatic rings. The number of thioether (sulfide) groups is 1. The molecule has 0 bridgehead atoms. The van der Waals surface area contributed by atoms with E-state index >= 15 is 0 Å². The van der Waals surface area contributed by atoms with Gasteiger partial charge in [0.25, 0.3) is 0 Å². The van der Waals surface area contributed by atoms with Crippen LogP contribution in [0, 0.1) is 12.8 Å². The Morgan fingerprint density at radius 1 is 1.00 bits per heavy atom. The van der Waals surface area contributed by atoms with Gasteiger partial charge in [-0.2, -0.15) is 0 Å². The summed E-state index contributed by atoms with van der Waals surface area (Å²) in [6.45, 7) is 9.58. The predicted octanol–water partition coefficient (Wildman–Crippen LogP) is 4.71. The maximum Gasteiger partial charge on any atom is 0.241 e. The Balaban J connectivity index is 2.36. The molecular weight excluding hydrogens is 378 g/mol. The van der Waals surface area contributed by atoms with E-state index in [1.54, 1.807) is 31.2 Å². The van der Waals surface area contributed by atoms with Gasteiger partial charge in [-0.1, -0.05) is 87.5 Å². The smallest absolute Gasteiger partial charge is 0.241 e. The molecule has 0 aromatic heterocycles. The quantitative estimate of drug-likeness (QED) is 0.756. The zero-order chi connectivity index (χ0) is 20.2. The fraction of sp³-hybridized carbons (Fsp3) is 0.381. The van der Waals surface area contributed by atoms with Gasteiger partial charge in [-0.3, -0.25) is 4.79 Å². The highest BCUT2D eigenvalue weighted by molar-refractivity contribution is 8.14. The molecular formula is C21H27NO3S2. The number of rotatable bonds is 6. The van der Waals surface area contributed by atoms with Crippen molar-refractivity contribution < 1.29 is 13.2 Å². The summed E-state index contributed by atoms with van der Waals surface area (Å²) in [6.07, 6.45) is 0. The standard InChI is InChI=1S/C21H27NO3S2/c1-15-11-13-18(14-12-15)27(24,25)22-19(17-9-7-6-8-10-17)16(2)20(23)26-21(3,4)5/h6-14,16,19,22H,1-5H3/t16-,19+/m1/s1. The molecule has 6 heteroatoms. The number of hydrogen-bond acceptors (Lipinski definition) is 4. The number of nitrogens with one attached hydrogen (secondary N) is 1. The first-order valence-corrected chi connectivity index (χ1v) is 11.2. The topological polar surface area (TPSA) is 63.2 Å². The molecule has 27 heavy (non-hydrogen) atoms. The number of aryl methyl sites for hydroxylation is 1. The summed E-state index contributed by atoms with van der Waals surface area (Å²) in [6, 6.07) is 15.3. The first kappa shape index (κ1) is 21.7. The summed E-state index contributed by atoms with van der Waals surface area (Å²) < 4.78 is 28.3. The first-order chi connectivity index (χ1) is 12.5. The summed E-state index contributed by atoms with van der Waals surface area (Å²) in [5.41, 5.74) is 1.75. The predicted molar refractivity (Wildman–Crippen MR) is 112 cm³/mol. The molecule has 2 aromatic carbocycles. The van der Waals surface area contributed by atoms with Crippen LogP contribution in [0.2, 0.25) is 0 Å². The second kappa shape index (κ2) is 8.59. The summed E-state index contributed by atoms with van der Waals surface area (Å²) in [5, 5.41) is -0.0389.